The summed E-state index contributed by atoms with van der Waals surface area (Å²) in [6, 6.07) is 11.5. The maximum atomic E-state index is 13.0. The van der Waals surface area contributed by atoms with Crippen molar-refractivity contribution in [2.24, 2.45) is 0 Å². The molecule has 4 rings (SSSR count). The number of carbonyl (C=O) groups excluding carboxylic acids is 2. The minimum atomic E-state index is -0.354. The molecule has 1 saturated heterocycles. The third-order valence-electron chi connectivity index (χ3n) is 5.01. The van der Waals surface area contributed by atoms with E-state index in [1.54, 1.807) is 17.0 Å². The molecule has 0 saturated carbocycles. The number of hydrogen-bond acceptors (Lipinski definition) is 3. The van der Waals surface area contributed by atoms with Crippen LogP contribution in [0.4, 0.5) is 15.8 Å². The highest BCUT2D eigenvalue weighted by atomic mass is 19.1. The molecule has 0 radical (unpaired) electrons. The Morgan fingerprint density at radius 2 is 2.00 bits per heavy atom. The van der Waals surface area contributed by atoms with Gasteiger partial charge in [0.2, 0.25) is 5.91 Å². The normalized spacial score (nSPS) is 18.4. The number of halogens is 1. The lowest BCUT2D eigenvalue weighted by Gasteiger charge is -2.21. The second-order valence-corrected chi connectivity index (χ2v) is 6.94. The number of carbonyl (C=O) groups is 2. The molecule has 0 bridgehead atoms. The molecule has 0 aromatic heterocycles. The molecule has 6 heteroatoms. The van der Waals surface area contributed by atoms with Gasteiger partial charge in [-0.15, -0.1) is 0 Å². The fourth-order valence-electron chi connectivity index (χ4n) is 3.62. The quantitative estimate of drug-likeness (QED) is 0.902. The molecule has 1 N–H and O–H groups in total. The van der Waals surface area contributed by atoms with Crippen LogP contribution in [0.3, 0.4) is 0 Å². The fourth-order valence-corrected chi connectivity index (χ4v) is 3.62. The Morgan fingerprint density at radius 1 is 1.19 bits per heavy atom. The first-order valence-corrected chi connectivity index (χ1v) is 9.20. The van der Waals surface area contributed by atoms with Gasteiger partial charge in [0, 0.05) is 24.5 Å². The van der Waals surface area contributed by atoms with Gasteiger partial charge in [0.1, 0.15) is 11.9 Å². The van der Waals surface area contributed by atoms with E-state index in [1.807, 2.05) is 18.2 Å². The van der Waals surface area contributed by atoms with Crippen molar-refractivity contribution in [2.45, 2.75) is 31.8 Å². The Balaban J connectivity index is 1.45. The number of nitrogens with zero attached hydrogens (tertiary/aromatic N) is 1. The second kappa shape index (κ2) is 7.48. The van der Waals surface area contributed by atoms with E-state index in [2.05, 4.69) is 5.32 Å². The predicted molar refractivity (Wildman–Crippen MR) is 100 cm³/mol. The lowest BCUT2D eigenvalue weighted by atomic mass is 10.1. The Hall–Kier alpha value is -2.73. The van der Waals surface area contributed by atoms with E-state index in [1.165, 1.54) is 12.1 Å². The van der Waals surface area contributed by atoms with Gasteiger partial charge < -0.3 is 15.0 Å². The van der Waals surface area contributed by atoms with E-state index in [0.29, 0.717) is 18.8 Å². The molecule has 0 spiro atoms. The smallest absolute Gasteiger partial charge is 0.256 e. The van der Waals surface area contributed by atoms with Gasteiger partial charge in [-0.25, -0.2) is 4.39 Å². The number of amides is 2. The van der Waals surface area contributed by atoms with Crippen LogP contribution in [0.15, 0.2) is 42.5 Å². The highest BCUT2D eigenvalue weighted by molar-refractivity contribution is 6.00. The Labute approximate surface area is 157 Å². The second-order valence-electron chi connectivity index (χ2n) is 6.94. The van der Waals surface area contributed by atoms with Crippen molar-refractivity contribution >= 4 is 23.2 Å². The Kier molecular flexibility index (Phi) is 4.90. The maximum absolute atomic E-state index is 13.0. The van der Waals surface area contributed by atoms with Gasteiger partial charge in [0.15, 0.2) is 0 Å². The van der Waals surface area contributed by atoms with Crippen LogP contribution in [0.2, 0.25) is 0 Å². The minimum Gasteiger partial charge on any atom is -0.368 e. The summed E-state index contributed by atoms with van der Waals surface area (Å²) in [5.41, 5.74) is 3.33. The van der Waals surface area contributed by atoms with E-state index >= 15 is 0 Å². The molecular weight excluding hydrogens is 347 g/mol. The van der Waals surface area contributed by atoms with Gasteiger partial charge in [-0.1, -0.05) is 18.2 Å². The van der Waals surface area contributed by atoms with Crippen LogP contribution in [0.5, 0.6) is 0 Å². The first-order chi connectivity index (χ1) is 13.1. The molecule has 2 aromatic carbocycles. The fraction of sp³-hybridized carbons (Fsp3) is 0.333. The van der Waals surface area contributed by atoms with Crippen molar-refractivity contribution in [1.82, 2.24) is 0 Å². The Bertz CT molecular complexity index is 860. The van der Waals surface area contributed by atoms with Gasteiger partial charge in [-0.2, -0.15) is 0 Å². The lowest BCUT2D eigenvalue weighted by molar-refractivity contribution is -0.127. The molecule has 2 amide bonds. The summed E-state index contributed by atoms with van der Waals surface area (Å²) < 4.78 is 18.5. The van der Waals surface area contributed by atoms with Crippen LogP contribution in [-0.4, -0.2) is 31.1 Å². The standard InChI is InChI=1S/C21H21FN2O3/c22-16-6-3-14(4-7-16)12-20(25)23-17-8-5-15-9-10-24(18(15)13-17)21(26)19-2-1-11-27-19/h3-8,13,19H,1-2,9-12H2,(H,23,25)/t19-/m1/s1. The van der Waals surface area contributed by atoms with Crippen LogP contribution >= 0.6 is 0 Å². The van der Waals surface area contributed by atoms with Gasteiger partial charge in [-0.05, 0) is 54.7 Å². The zero-order valence-electron chi connectivity index (χ0n) is 14.9. The molecule has 27 heavy (non-hydrogen) atoms. The molecule has 0 unspecified atom stereocenters. The van der Waals surface area contributed by atoms with E-state index in [0.717, 1.165) is 36.1 Å². The summed E-state index contributed by atoms with van der Waals surface area (Å²) in [6.07, 6.45) is 2.29. The number of hydrogen-bond donors (Lipinski definition) is 1. The van der Waals surface area contributed by atoms with Crippen molar-refractivity contribution < 1.29 is 18.7 Å². The van der Waals surface area contributed by atoms with Crippen molar-refractivity contribution in [3.8, 4) is 0 Å². The molecule has 0 aliphatic carbocycles. The van der Waals surface area contributed by atoms with Crippen molar-refractivity contribution in [2.75, 3.05) is 23.4 Å². The molecule has 140 valence electrons. The number of benzene rings is 2. The summed E-state index contributed by atoms with van der Waals surface area (Å²) in [5.74, 6) is -0.508. The van der Waals surface area contributed by atoms with Crippen molar-refractivity contribution in [3.63, 3.8) is 0 Å². The molecular formula is C21H21FN2O3. The average molecular weight is 368 g/mol. The summed E-state index contributed by atoms with van der Waals surface area (Å²) in [5, 5.41) is 2.86. The predicted octanol–water partition coefficient (Wildman–Crippen LogP) is 3.08. The zero-order valence-corrected chi connectivity index (χ0v) is 14.9. The number of rotatable bonds is 4. The molecule has 1 atom stereocenters. The number of fused-ring (bicyclic) bond motifs is 1. The highest BCUT2D eigenvalue weighted by Gasteiger charge is 2.32. The zero-order chi connectivity index (χ0) is 18.8. The van der Waals surface area contributed by atoms with E-state index in [9.17, 15) is 14.0 Å². The largest absolute Gasteiger partial charge is 0.368 e. The number of nitrogens with one attached hydrogen (secondary N) is 1. The molecule has 2 aromatic rings. The van der Waals surface area contributed by atoms with Gasteiger partial charge in [0.05, 0.1) is 6.42 Å². The number of ether oxygens (including phenoxy) is 1. The highest BCUT2D eigenvalue weighted by Crippen LogP contribution is 2.32. The third kappa shape index (κ3) is 3.85. The monoisotopic (exact) mass is 368 g/mol. The Morgan fingerprint density at radius 3 is 2.74 bits per heavy atom. The van der Waals surface area contributed by atoms with Crippen molar-refractivity contribution in [1.29, 1.82) is 0 Å². The molecule has 1 fully saturated rings. The molecule has 2 aliphatic rings. The summed E-state index contributed by atoms with van der Waals surface area (Å²) in [7, 11) is 0. The minimum absolute atomic E-state index is 0.000962. The third-order valence-corrected chi connectivity index (χ3v) is 5.01. The lowest BCUT2D eigenvalue weighted by Crippen LogP contribution is -2.37. The summed E-state index contributed by atoms with van der Waals surface area (Å²) in [4.78, 5) is 26.7. The van der Waals surface area contributed by atoms with Crippen LogP contribution < -0.4 is 10.2 Å². The first kappa shape index (κ1) is 17.7. The van der Waals surface area contributed by atoms with Crippen molar-refractivity contribution in [3.05, 3.63) is 59.4 Å². The topological polar surface area (TPSA) is 58.6 Å². The van der Waals surface area contributed by atoms with Crippen LogP contribution in [0.1, 0.15) is 24.0 Å². The van der Waals surface area contributed by atoms with Gasteiger partial charge in [-0.3, -0.25) is 9.59 Å². The van der Waals surface area contributed by atoms with E-state index in [4.69, 9.17) is 4.74 Å². The average Bonchev–Trinajstić information content (AvgIpc) is 3.32. The van der Waals surface area contributed by atoms with Crippen LogP contribution in [0, 0.1) is 5.82 Å². The SMILES string of the molecule is O=C(Cc1ccc(F)cc1)Nc1ccc2c(c1)N(C(=O)[C@H]1CCCO1)CC2. The van der Waals surface area contributed by atoms with E-state index < -0.39 is 0 Å². The maximum Gasteiger partial charge on any atom is 0.256 e. The van der Waals surface area contributed by atoms with E-state index in [-0.39, 0.29) is 30.2 Å². The summed E-state index contributed by atoms with van der Waals surface area (Å²) in [6.45, 7) is 1.28. The van der Waals surface area contributed by atoms with Crippen LogP contribution in [-0.2, 0) is 27.2 Å². The van der Waals surface area contributed by atoms with Gasteiger partial charge >= 0.3 is 0 Å². The number of anilines is 2. The first-order valence-electron chi connectivity index (χ1n) is 9.20. The summed E-state index contributed by atoms with van der Waals surface area (Å²) >= 11 is 0. The molecule has 2 aliphatic heterocycles. The molecule has 2 heterocycles. The van der Waals surface area contributed by atoms with Crippen LogP contribution in [0.25, 0.3) is 0 Å². The van der Waals surface area contributed by atoms with Gasteiger partial charge in [0.25, 0.3) is 5.91 Å². The molecule has 5 nitrogen and oxygen atoms in total.